The van der Waals surface area contributed by atoms with Gasteiger partial charge in [-0.1, -0.05) is 20.8 Å². The monoisotopic (exact) mass is 170 g/mol. The predicted molar refractivity (Wildman–Crippen MR) is 53.4 cm³/mol. The first-order valence-electron chi connectivity index (χ1n) is 4.99. The lowest BCUT2D eigenvalue weighted by atomic mass is 9.79. The maximum Gasteiger partial charge on any atom is 0.0167 e. The lowest BCUT2D eigenvalue weighted by Gasteiger charge is -2.43. The lowest BCUT2D eigenvalue weighted by molar-refractivity contribution is 0.0839. The first-order chi connectivity index (χ1) is 5.58. The lowest BCUT2D eigenvalue weighted by Crippen LogP contribution is -2.53. The van der Waals surface area contributed by atoms with Crippen LogP contribution in [0.5, 0.6) is 0 Å². The average molecular weight is 170 g/mol. The molecule has 0 aromatic carbocycles. The molecule has 1 rings (SSSR count). The Balaban J connectivity index is 2.59. The smallest absolute Gasteiger partial charge is 0.0167 e. The molecule has 2 heteroatoms. The summed E-state index contributed by atoms with van der Waals surface area (Å²) >= 11 is 0. The van der Waals surface area contributed by atoms with Crippen LogP contribution in [0.4, 0.5) is 0 Å². The third-order valence-corrected chi connectivity index (χ3v) is 3.11. The van der Waals surface area contributed by atoms with E-state index < -0.39 is 0 Å². The Hall–Kier alpha value is -0.0800. The number of nitrogens with zero attached hydrogens (tertiary/aromatic N) is 1. The quantitative estimate of drug-likeness (QED) is 0.672. The van der Waals surface area contributed by atoms with E-state index in [1.807, 2.05) is 0 Å². The summed E-state index contributed by atoms with van der Waals surface area (Å²) in [6.07, 6.45) is 1.29. The van der Waals surface area contributed by atoms with Gasteiger partial charge >= 0.3 is 0 Å². The van der Waals surface area contributed by atoms with Crippen molar-refractivity contribution in [2.45, 2.75) is 33.2 Å². The third-order valence-electron chi connectivity index (χ3n) is 3.11. The van der Waals surface area contributed by atoms with E-state index in [-0.39, 0.29) is 0 Å². The normalized spacial score (nSPS) is 29.2. The predicted octanol–water partition coefficient (Wildman–Crippen LogP) is 1.33. The average Bonchev–Trinajstić information content (AvgIpc) is 2.02. The Morgan fingerprint density at radius 2 is 2.17 bits per heavy atom. The third kappa shape index (κ3) is 1.99. The molecule has 2 nitrogen and oxygen atoms in total. The van der Waals surface area contributed by atoms with Crippen LogP contribution in [0.1, 0.15) is 27.2 Å². The van der Waals surface area contributed by atoms with Gasteiger partial charge in [-0.3, -0.25) is 0 Å². The van der Waals surface area contributed by atoms with Crippen LogP contribution >= 0.6 is 0 Å². The van der Waals surface area contributed by atoms with E-state index in [4.69, 9.17) is 0 Å². The Bertz CT molecular complexity index is 143. The van der Waals surface area contributed by atoms with E-state index in [1.54, 1.807) is 0 Å². The van der Waals surface area contributed by atoms with E-state index in [1.165, 1.54) is 13.0 Å². The zero-order valence-electron chi connectivity index (χ0n) is 8.85. The van der Waals surface area contributed by atoms with Crippen molar-refractivity contribution in [1.82, 2.24) is 10.2 Å². The van der Waals surface area contributed by atoms with E-state index in [0.29, 0.717) is 5.41 Å². The summed E-state index contributed by atoms with van der Waals surface area (Å²) < 4.78 is 0. The summed E-state index contributed by atoms with van der Waals surface area (Å²) in [6.45, 7) is 10.4. The van der Waals surface area contributed by atoms with Crippen LogP contribution in [0.3, 0.4) is 0 Å². The molecule has 0 radical (unpaired) electrons. The van der Waals surface area contributed by atoms with Gasteiger partial charge in [-0.2, -0.15) is 0 Å². The second-order valence-electron chi connectivity index (χ2n) is 4.54. The van der Waals surface area contributed by atoms with Crippen molar-refractivity contribution in [2.24, 2.45) is 5.41 Å². The van der Waals surface area contributed by atoms with Crippen molar-refractivity contribution in [3.05, 3.63) is 0 Å². The van der Waals surface area contributed by atoms with Crippen molar-refractivity contribution in [2.75, 3.05) is 26.7 Å². The Kier molecular flexibility index (Phi) is 3.13. The fraction of sp³-hybridized carbons (Fsp3) is 1.00. The molecule has 0 saturated carbocycles. The highest BCUT2D eigenvalue weighted by atomic mass is 15.1. The second kappa shape index (κ2) is 3.75. The standard InChI is InChI=1S/C10H22N2/c1-5-12(4)9-6-7-11-8-10(9,2)3/h9,11H,5-8H2,1-4H3. The Morgan fingerprint density at radius 1 is 1.50 bits per heavy atom. The van der Waals surface area contributed by atoms with Gasteiger partial charge in [-0.05, 0) is 32.0 Å². The minimum absolute atomic E-state index is 0.434. The molecule has 72 valence electrons. The van der Waals surface area contributed by atoms with Gasteiger partial charge < -0.3 is 10.2 Å². The van der Waals surface area contributed by atoms with Crippen molar-refractivity contribution < 1.29 is 0 Å². The van der Waals surface area contributed by atoms with Crippen molar-refractivity contribution in [3.63, 3.8) is 0 Å². The minimum Gasteiger partial charge on any atom is -0.316 e. The Morgan fingerprint density at radius 3 is 2.67 bits per heavy atom. The highest BCUT2D eigenvalue weighted by molar-refractivity contribution is 4.90. The molecule has 0 aromatic heterocycles. The first kappa shape index (κ1) is 10.0. The molecule has 0 aromatic rings. The largest absolute Gasteiger partial charge is 0.316 e. The number of rotatable bonds is 2. The summed E-state index contributed by atoms with van der Waals surface area (Å²) in [5.41, 5.74) is 0.434. The van der Waals surface area contributed by atoms with Crippen LogP contribution in [0.2, 0.25) is 0 Å². The molecule has 1 saturated heterocycles. The van der Waals surface area contributed by atoms with E-state index >= 15 is 0 Å². The number of hydrogen-bond acceptors (Lipinski definition) is 2. The molecule has 0 aliphatic carbocycles. The topological polar surface area (TPSA) is 15.3 Å². The zero-order chi connectivity index (χ0) is 9.19. The van der Waals surface area contributed by atoms with Crippen molar-refractivity contribution in [1.29, 1.82) is 0 Å². The molecule has 1 atom stereocenters. The summed E-state index contributed by atoms with van der Waals surface area (Å²) in [5.74, 6) is 0. The minimum atomic E-state index is 0.434. The van der Waals surface area contributed by atoms with Crippen LogP contribution in [0, 0.1) is 5.41 Å². The van der Waals surface area contributed by atoms with Crippen LogP contribution < -0.4 is 5.32 Å². The van der Waals surface area contributed by atoms with Gasteiger partial charge in [0.05, 0.1) is 0 Å². The molecule has 1 unspecified atom stereocenters. The Labute approximate surface area is 76.3 Å². The summed E-state index contributed by atoms with van der Waals surface area (Å²) in [7, 11) is 2.23. The second-order valence-corrected chi connectivity index (χ2v) is 4.54. The van der Waals surface area contributed by atoms with Gasteiger partial charge in [0.2, 0.25) is 0 Å². The van der Waals surface area contributed by atoms with Crippen LogP contribution in [-0.4, -0.2) is 37.6 Å². The maximum absolute atomic E-state index is 3.46. The van der Waals surface area contributed by atoms with Gasteiger partial charge in [0, 0.05) is 12.6 Å². The van der Waals surface area contributed by atoms with Gasteiger partial charge in [0.15, 0.2) is 0 Å². The van der Waals surface area contributed by atoms with E-state index in [0.717, 1.165) is 19.1 Å². The van der Waals surface area contributed by atoms with Gasteiger partial charge in [-0.25, -0.2) is 0 Å². The summed E-state index contributed by atoms with van der Waals surface area (Å²) in [4.78, 5) is 2.47. The van der Waals surface area contributed by atoms with Crippen molar-refractivity contribution in [3.8, 4) is 0 Å². The SMILES string of the molecule is CCN(C)C1CCNCC1(C)C. The number of hydrogen-bond donors (Lipinski definition) is 1. The van der Waals surface area contributed by atoms with Crippen LogP contribution in [0.15, 0.2) is 0 Å². The van der Waals surface area contributed by atoms with Crippen molar-refractivity contribution >= 4 is 0 Å². The highest BCUT2D eigenvalue weighted by Crippen LogP contribution is 2.28. The molecule has 1 aliphatic rings. The van der Waals surface area contributed by atoms with E-state index in [9.17, 15) is 0 Å². The highest BCUT2D eigenvalue weighted by Gasteiger charge is 2.33. The molecular weight excluding hydrogens is 148 g/mol. The molecule has 1 fully saturated rings. The number of piperidine rings is 1. The summed E-state index contributed by atoms with van der Waals surface area (Å²) in [5, 5.41) is 3.46. The fourth-order valence-corrected chi connectivity index (χ4v) is 2.20. The molecular formula is C10H22N2. The molecule has 1 N–H and O–H groups in total. The van der Waals surface area contributed by atoms with Gasteiger partial charge in [0.25, 0.3) is 0 Å². The van der Waals surface area contributed by atoms with Crippen LogP contribution in [0.25, 0.3) is 0 Å². The summed E-state index contributed by atoms with van der Waals surface area (Å²) in [6, 6.07) is 0.753. The van der Waals surface area contributed by atoms with Gasteiger partial charge in [0.1, 0.15) is 0 Å². The molecule has 1 heterocycles. The molecule has 0 bridgehead atoms. The number of nitrogens with one attached hydrogen (secondary N) is 1. The van der Waals surface area contributed by atoms with Gasteiger partial charge in [-0.15, -0.1) is 0 Å². The molecule has 1 aliphatic heterocycles. The zero-order valence-corrected chi connectivity index (χ0v) is 8.85. The maximum atomic E-state index is 3.46. The van der Waals surface area contributed by atoms with Crippen LogP contribution in [-0.2, 0) is 0 Å². The molecule has 0 amide bonds. The van der Waals surface area contributed by atoms with E-state index in [2.05, 4.69) is 38.0 Å². The molecule has 0 spiro atoms. The molecule has 12 heavy (non-hydrogen) atoms. The first-order valence-corrected chi connectivity index (χ1v) is 4.99. The fourth-order valence-electron chi connectivity index (χ4n) is 2.20.